The van der Waals surface area contributed by atoms with Gasteiger partial charge < -0.3 is 14.1 Å². The van der Waals surface area contributed by atoms with Crippen LogP contribution in [0.15, 0.2) is 48.5 Å². The molecule has 1 aliphatic rings. The highest BCUT2D eigenvalue weighted by Crippen LogP contribution is 2.45. The minimum Gasteiger partial charge on any atom is -0.494 e. The average Bonchev–Trinajstić information content (AvgIpc) is 2.92. The Labute approximate surface area is 174 Å². The predicted octanol–water partition coefficient (Wildman–Crippen LogP) is 4.52. The second-order valence-corrected chi connectivity index (χ2v) is 8.82. The topological polar surface area (TPSA) is 44.8 Å². The van der Waals surface area contributed by atoms with Gasteiger partial charge in [0.1, 0.15) is 12.0 Å². The summed E-state index contributed by atoms with van der Waals surface area (Å²) in [7, 11) is 0. The molecule has 3 rings (SSSR count). The Kier molecular flexibility index (Phi) is 6.81. The molecule has 0 aliphatic carbocycles. The Balaban J connectivity index is 1.59. The van der Waals surface area contributed by atoms with Crippen LogP contribution in [0.4, 0.5) is 0 Å². The van der Waals surface area contributed by atoms with Crippen molar-refractivity contribution in [3.05, 3.63) is 59.7 Å². The highest BCUT2D eigenvalue weighted by molar-refractivity contribution is 6.70. The molecule has 0 spiro atoms. The van der Waals surface area contributed by atoms with Gasteiger partial charge in [-0.1, -0.05) is 56.3 Å². The van der Waals surface area contributed by atoms with Gasteiger partial charge in [-0.3, -0.25) is 4.79 Å². The zero-order chi connectivity index (χ0) is 20.9. The van der Waals surface area contributed by atoms with Crippen LogP contribution < -0.4 is 10.2 Å². The van der Waals surface area contributed by atoms with E-state index in [2.05, 4.69) is 39.8 Å². The Hall–Kier alpha value is -2.11. The molecule has 1 saturated heterocycles. The van der Waals surface area contributed by atoms with Crippen molar-refractivity contribution in [2.24, 2.45) is 5.41 Å². The van der Waals surface area contributed by atoms with Gasteiger partial charge in [-0.25, -0.2) is 0 Å². The predicted molar refractivity (Wildman–Crippen MR) is 117 cm³/mol. The Bertz CT molecular complexity index is 801. The average molecular weight is 394 g/mol. The van der Waals surface area contributed by atoms with Crippen molar-refractivity contribution >= 4 is 18.7 Å². The van der Waals surface area contributed by atoms with Gasteiger partial charge in [0.25, 0.3) is 0 Å². The summed E-state index contributed by atoms with van der Waals surface area (Å²) < 4.78 is 18.2. The summed E-state index contributed by atoms with van der Waals surface area (Å²) in [4.78, 5) is 11.7. The lowest BCUT2D eigenvalue weighted by Gasteiger charge is -2.34. The van der Waals surface area contributed by atoms with Crippen LogP contribution in [-0.4, -0.2) is 32.0 Å². The van der Waals surface area contributed by atoms with E-state index in [1.54, 1.807) is 0 Å². The van der Waals surface area contributed by atoms with Crippen molar-refractivity contribution < 1.29 is 18.9 Å². The molecule has 0 bridgehead atoms. The summed E-state index contributed by atoms with van der Waals surface area (Å²) in [5, 5.41) is 0. The molecule has 1 fully saturated rings. The van der Waals surface area contributed by atoms with Crippen molar-refractivity contribution in [3.8, 4) is 5.75 Å². The van der Waals surface area contributed by atoms with Gasteiger partial charge >= 0.3 is 6.92 Å². The van der Waals surface area contributed by atoms with E-state index in [0.29, 0.717) is 25.4 Å². The zero-order valence-electron chi connectivity index (χ0n) is 17.9. The number of carbonyl (C=O) groups is 1. The Morgan fingerprint density at radius 3 is 2.45 bits per heavy atom. The van der Waals surface area contributed by atoms with E-state index >= 15 is 0 Å². The highest BCUT2D eigenvalue weighted by Gasteiger charge is 2.51. The summed E-state index contributed by atoms with van der Waals surface area (Å²) in [5.74, 6) is 0.733. The van der Waals surface area contributed by atoms with Gasteiger partial charge in [-0.15, -0.1) is 0 Å². The molecule has 29 heavy (non-hydrogen) atoms. The molecule has 4 nitrogen and oxygen atoms in total. The fourth-order valence-corrected chi connectivity index (χ4v) is 3.67. The van der Waals surface area contributed by atoms with Crippen LogP contribution in [-0.2, 0) is 16.0 Å². The van der Waals surface area contributed by atoms with E-state index in [9.17, 15) is 4.79 Å². The standard InChI is InChI=1S/C24H31BO4/c1-23(2)18-25(29-24(23,3)4)22-20(16-26)12-8-13-21(22)28-15-9-14-27-17-19-10-6-5-7-11-19/h5-8,10-13,16H,9,14-15,17-18H2,1-4H3. The highest BCUT2D eigenvalue weighted by atomic mass is 16.5. The molecule has 0 aromatic heterocycles. The van der Waals surface area contributed by atoms with Gasteiger partial charge in [0.2, 0.25) is 0 Å². The van der Waals surface area contributed by atoms with Crippen LogP contribution in [0.3, 0.4) is 0 Å². The van der Waals surface area contributed by atoms with Gasteiger partial charge in [0, 0.05) is 17.4 Å². The molecule has 0 unspecified atom stereocenters. The SMILES string of the molecule is CC1(C)CB(c2c(C=O)cccc2OCCCOCc2ccccc2)OC1(C)C. The molecular formula is C24H31BO4. The smallest absolute Gasteiger partial charge is 0.332 e. The van der Waals surface area contributed by atoms with Gasteiger partial charge in [-0.2, -0.15) is 0 Å². The van der Waals surface area contributed by atoms with E-state index in [0.717, 1.165) is 35.8 Å². The Morgan fingerprint density at radius 1 is 1.03 bits per heavy atom. The molecule has 1 heterocycles. The van der Waals surface area contributed by atoms with E-state index in [-0.39, 0.29) is 17.9 Å². The summed E-state index contributed by atoms with van der Waals surface area (Å²) in [6, 6.07) is 15.7. The molecule has 154 valence electrons. The number of carbonyl (C=O) groups excluding carboxylic acids is 1. The molecule has 0 N–H and O–H groups in total. The molecule has 5 heteroatoms. The minimum atomic E-state index is -0.268. The molecule has 2 aromatic carbocycles. The molecule has 0 atom stereocenters. The van der Waals surface area contributed by atoms with Crippen LogP contribution in [0.5, 0.6) is 5.75 Å². The number of hydrogen-bond donors (Lipinski definition) is 0. The van der Waals surface area contributed by atoms with Crippen LogP contribution in [0.2, 0.25) is 6.32 Å². The van der Waals surface area contributed by atoms with E-state index in [4.69, 9.17) is 14.1 Å². The van der Waals surface area contributed by atoms with Gasteiger partial charge in [-0.05, 0) is 37.2 Å². The van der Waals surface area contributed by atoms with Crippen molar-refractivity contribution in [2.45, 2.75) is 52.6 Å². The normalized spacial score (nSPS) is 17.3. The van der Waals surface area contributed by atoms with Gasteiger partial charge in [0.05, 0.1) is 25.4 Å². The third kappa shape index (κ3) is 5.09. The van der Waals surface area contributed by atoms with Gasteiger partial charge in [0.15, 0.2) is 0 Å². The van der Waals surface area contributed by atoms with Crippen LogP contribution >= 0.6 is 0 Å². The van der Waals surface area contributed by atoms with Crippen molar-refractivity contribution in [2.75, 3.05) is 13.2 Å². The molecule has 0 saturated carbocycles. The Morgan fingerprint density at radius 2 is 1.79 bits per heavy atom. The number of aldehydes is 1. The first-order valence-corrected chi connectivity index (χ1v) is 10.3. The fraction of sp³-hybridized carbons (Fsp3) is 0.458. The molecular weight excluding hydrogens is 363 g/mol. The lowest BCUT2D eigenvalue weighted by Crippen LogP contribution is -2.37. The third-order valence-electron chi connectivity index (χ3n) is 6.11. The molecule has 2 aromatic rings. The largest absolute Gasteiger partial charge is 0.494 e. The number of hydrogen-bond acceptors (Lipinski definition) is 4. The first-order chi connectivity index (χ1) is 13.8. The maximum Gasteiger partial charge on any atom is 0.332 e. The van der Waals surface area contributed by atoms with E-state index in [1.165, 1.54) is 0 Å². The lowest BCUT2D eigenvalue weighted by molar-refractivity contribution is 0.0374. The zero-order valence-corrected chi connectivity index (χ0v) is 17.9. The summed E-state index contributed by atoms with van der Waals surface area (Å²) in [6.07, 6.45) is 2.52. The number of rotatable bonds is 9. The minimum absolute atomic E-state index is 0.0101. The van der Waals surface area contributed by atoms with Crippen LogP contribution in [0.1, 0.15) is 50.0 Å². The van der Waals surface area contributed by atoms with E-state index < -0.39 is 0 Å². The maximum absolute atomic E-state index is 11.7. The number of benzene rings is 2. The molecule has 0 radical (unpaired) electrons. The lowest BCUT2D eigenvalue weighted by atomic mass is 9.53. The maximum atomic E-state index is 11.7. The second kappa shape index (κ2) is 9.14. The van der Waals surface area contributed by atoms with Crippen molar-refractivity contribution in [1.82, 2.24) is 0 Å². The summed E-state index contributed by atoms with van der Waals surface area (Å²) in [5.41, 5.74) is 2.41. The second-order valence-electron chi connectivity index (χ2n) is 8.82. The molecule has 0 amide bonds. The number of ether oxygens (including phenoxy) is 2. The van der Waals surface area contributed by atoms with Crippen molar-refractivity contribution in [1.29, 1.82) is 0 Å². The van der Waals surface area contributed by atoms with Crippen molar-refractivity contribution in [3.63, 3.8) is 0 Å². The summed E-state index contributed by atoms with van der Waals surface area (Å²) in [6.45, 7) is 10.3. The van der Waals surface area contributed by atoms with Crippen LogP contribution in [0, 0.1) is 5.41 Å². The fourth-order valence-electron chi connectivity index (χ4n) is 3.67. The summed E-state index contributed by atoms with van der Waals surface area (Å²) >= 11 is 0. The van der Waals surface area contributed by atoms with Crippen LogP contribution in [0.25, 0.3) is 0 Å². The monoisotopic (exact) mass is 394 g/mol. The molecule has 1 aliphatic heterocycles. The quantitative estimate of drug-likeness (QED) is 0.356. The first kappa shape index (κ1) is 21.6. The third-order valence-corrected chi connectivity index (χ3v) is 6.11. The van der Waals surface area contributed by atoms with E-state index in [1.807, 2.05) is 36.4 Å². The first-order valence-electron chi connectivity index (χ1n) is 10.3.